The van der Waals surface area contributed by atoms with E-state index in [4.69, 9.17) is 4.74 Å². The summed E-state index contributed by atoms with van der Waals surface area (Å²) in [5.74, 6) is -0.219. The van der Waals surface area contributed by atoms with Crippen molar-refractivity contribution in [2.24, 2.45) is 0 Å². The van der Waals surface area contributed by atoms with Gasteiger partial charge in [0.1, 0.15) is 6.04 Å². The fourth-order valence-corrected chi connectivity index (χ4v) is 3.01. The number of aromatic nitrogens is 2. The van der Waals surface area contributed by atoms with Crippen LogP contribution in [0.4, 0.5) is 0 Å². The number of methoxy groups -OCH3 is 1. The number of rotatable bonds is 5. The Morgan fingerprint density at radius 1 is 1.40 bits per heavy atom. The summed E-state index contributed by atoms with van der Waals surface area (Å²) in [7, 11) is 1.59. The topological polar surface area (TPSA) is 76.5 Å². The summed E-state index contributed by atoms with van der Waals surface area (Å²) < 4.78 is 6.80. The van der Waals surface area contributed by atoms with Crippen LogP contribution >= 0.6 is 0 Å². The largest absolute Gasteiger partial charge is 0.383 e. The molecular weight excluding hydrogens is 320 g/mol. The van der Waals surface area contributed by atoms with Gasteiger partial charge in [-0.15, -0.1) is 0 Å². The van der Waals surface area contributed by atoms with Crippen molar-refractivity contribution in [1.29, 1.82) is 0 Å². The molecule has 2 amide bonds. The molecule has 1 atom stereocenters. The molecule has 2 aromatic rings. The Balaban J connectivity index is 1.79. The molecule has 1 N–H and O–H groups in total. The lowest BCUT2D eigenvalue weighted by Crippen LogP contribution is -2.47. The minimum absolute atomic E-state index is 0.0779. The zero-order valence-electron chi connectivity index (χ0n) is 14.4. The molecule has 0 aliphatic carbocycles. The maximum absolute atomic E-state index is 12.9. The van der Waals surface area contributed by atoms with Crippen LogP contribution in [0.2, 0.25) is 0 Å². The highest BCUT2D eigenvalue weighted by Crippen LogP contribution is 2.23. The summed E-state index contributed by atoms with van der Waals surface area (Å²) in [6.07, 6.45) is 3.34. The summed E-state index contributed by atoms with van der Waals surface area (Å²) >= 11 is 0. The zero-order chi connectivity index (χ0) is 17.8. The minimum atomic E-state index is -0.489. The Bertz CT molecular complexity index is 771. The molecule has 7 nitrogen and oxygen atoms in total. The van der Waals surface area contributed by atoms with E-state index in [0.29, 0.717) is 31.8 Å². The highest BCUT2D eigenvalue weighted by molar-refractivity contribution is 5.95. The summed E-state index contributed by atoms with van der Waals surface area (Å²) in [5, 5.41) is 2.84. The van der Waals surface area contributed by atoms with Gasteiger partial charge in [0, 0.05) is 25.4 Å². The monoisotopic (exact) mass is 342 g/mol. The predicted molar refractivity (Wildman–Crippen MR) is 92.1 cm³/mol. The summed E-state index contributed by atoms with van der Waals surface area (Å²) in [6, 6.07) is 6.99. The normalized spacial score (nSPS) is 16.4. The first kappa shape index (κ1) is 17.2. The molecule has 1 aliphatic rings. The van der Waals surface area contributed by atoms with Gasteiger partial charge in [-0.1, -0.05) is 17.7 Å². The molecule has 1 aromatic heterocycles. The van der Waals surface area contributed by atoms with E-state index in [1.54, 1.807) is 30.6 Å². The van der Waals surface area contributed by atoms with Crippen LogP contribution in [0.25, 0.3) is 0 Å². The van der Waals surface area contributed by atoms with Gasteiger partial charge in [0.2, 0.25) is 5.91 Å². The third kappa shape index (κ3) is 3.71. The molecule has 0 bridgehead atoms. The SMILES string of the molecule is COCCNC(=O)[C@H]1CN(C(=O)c2cccc(C)c2)Cc2cncn21. The third-order valence-electron chi connectivity index (χ3n) is 4.29. The number of carbonyl (C=O) groups excluding carboxylic acids is 2. The van der Waals surface area contributed by atoms with Crippen molar-refractivity contribution in [2.45, 2.75) is 19.5 Å². The molecule has 0 radical (unpaired) electrons. The van der Waals surface area contributed by atoms with Crippen molar-refractivity contribution in [2.75, 3.05) is 26.8 Å². The van der Waals surface area contributed by atoms with E-state index >= 15 is 0 Å². The first-order chi connectivity index (χ1) is 12.1. The fourth-order valence-electron chi connectivity index (χ4n) is 3.01. The van der Waals surface area contributed by atoms with Gasteiger partial charge < -0.3 is 19.5 Å². The number of hydrogen-bond donors (Lipinski definition) is 1. The van der Waals surface area contributed by atoms with Crippen molar-refractivity contribution in [1.82, 2.24) is 19.8 Å². The van der Waals surface area contributed by atoms with Crippen LogP contribution in [-0.4, -0.2) is 53.1 Å². The van der Waals surface area contributed by atoms with Crippen LogP contribution in [-0.2, 0) is 16.1 Å². The first-order valence-electron chi connectivity index (χ1n) is 8.23. The second-order valence-corrected chi connectivity index (χ2v) is 6.15. The van der Waals surface area contributed by atoms with Gasteiger partial charge >= 0.3 is 0 Å². The van der Waals surface area contributed by atoms with E-state index in [0.717, 1.165) is 11.3 Å². The Hall–Kier alpha value is -2.67. The van der Waals surface area contributed by atoms with Crippen LogP contribution in [0, 0.1) is 6.92 Å². The summed E-state index contributed by atoms with van der Waals surface area (Å²) in [5.41, 5.74) is 2.51. The molecule has 2 heterocycles. The van der Waals surface area contributed by atoms with Crippen molar-refractivity contribution in [3.63, 3.8) is 0 Å². The van der Waals surface area contributed by atoms with Gasteiger partial charge in [-0.25, -0.2) is 4.98 Å². The Labute approximate surface area is 146 Å². The second-order valence-electron chi connectivity index (χ2n) is 6.15. The van der Waals surface area contributed by atoms with E-state index in [9.17, 15) is 9.59 Å². The lowest BCUT2D eigenvalue weighted by molar-refractivity contribution is -0.125. The van der Waals surface area contributed by atoms with Crippen LogP contribution in [0.1, 0.15) is 27.7 Å². The maximum atomic E-state index is 12.9. The van der Waals surface area contributed by atoms with Crippen LogP contribution in [0.15, 0.2) is 36.8 Å². The van der Waals surface area contributed by atoms with Gasteiger partial charge in [-0.05, 0) is 19.1 Å². The van der Waals surface area contributed by atoms with Crippen molar-refractivity contribution in [3.8, 4) is 0 Å². The number of carbonyl (C=O) groups is 2. The third-order valence-corrected chi connectivity index (χ3v) is 4.29. The number of fused-ring (bicyclic) bond motifs is 1. The Morgan fingerprint density at radius 3 is 3.00 bits per heavy atom. The van der Waals surface area contributed by atoms with E-state index in [2.05, 4.69) is 10.3 Å². The number of nitrogens with one attached hydrogen (secondary N) is 1. The number of hydrogen-bond acceptors (Lipinski definition) is 4. The lowest BCUT2D eigenvalue weighted by atomic mass is 10.1. The van der Waals surface area contributed by atoms with Crippen molar-refractivity contribution in [3.05, 3.63) is 53.6 Å². The number of nitrogens with zero attached hydrogens (tertiary/aromatic N) is 3. The highest BCUT2D eigenvalue weighted by atomic mass is 16.5. The van der Waals surface area contributed by atoms with E-state index in [1.165, 1.54) is 0 Å². The molecule has 1 aliphatic heterocycles. The number of aryl methyl sites for hydroxylation is 1. The molecular formula is C18H22N4O3. The molecule has 25 heavy (non-hydrogen) atoms. The molecule has 132 valence electrons. The number of imidazole rings is 1. The number of amides is 2. The molecule has 3 rings (SSSR count). The number of ether oxygens (including phenoxy) is 1. The van der Waals surface area contributed by atoms with Crippen LogP contribution in [0.5, 0.6) is 0 Å². The van der Waals surface area contributed by atoms with E-state index in [-0.39, 0.29) is 11.8 Å². The predicted octanol–water partition coefficient (Wildman–Crippen LogP) is 1.15. The average molecular weight is 342 g/mol. The Morgan fingerprint density at radius 2 is 2.24 bits per heavy atom. The smallest absolute Gasteiger partial charge is 0.254 e. The lowest BCUT2D eigenvalue weighted by Gasteiger charge is -2.33. The standard InChI is InChI=1S/C18H22N4O3/c1-13-4-3-5-14(8-13)18(24)21-10-15-9-19-12-22(15)16(11-21)17(23)20-6-7-25-2/h3-5,8-9,12,16H,6-7,10-11H2,1-2H3,(H,20,23)/t16-/m1/s1. The first-order valence-corrected chi connectivity index (χ1v) is 8.23. The maximum Gasteiger partial charge on any atom is 0.254 e. The molecule has 1 aromatic carbocycles. The molecule has 0 saturated carbocycles. The second kappa shape index (κ2) is 7.48. The summed E-state index contributed by atoms with van der Waals surface area (Å²) in [6.45, 7) is 3.58. The van der Waals surface area contributed by atoms with Crippen LogP contribution in [0.3, 0.4) is 0 Å². The Kier molecular flexibility index (Phi) is 5.14. The quantitative estimate of drug-likeness (QED) is 0.827. The molecule has 0 spiro atoms. The van der Waals surface area contributed by atoms with E-state index in [1.807, 2.05) is 29.7 Å². The zero-order valence-corrected chi connectivity index (χ0v) is 14.4. The van der Waals surface area contributed by atoms with Gasteiger partial charge in [0.25, 0.3) is 5.91 Å². The highest BCUT2D eigenvalue weighted by Gasteiger charge is 2.32. The van der Waals surface area contributed by atoms with Gasteiger partial charge in [0.15, 0.2) is 0 Å². The molecule has 0 fully saturated rings. The molecule has 0 saturated heterocycles. The summed E-state index contributed by atoms with van der Waals surface area (Å²) in [4.78, 5) is 31.2. The van der Waals surface area contributed by atoms with Gasteiger partial charge in [0.05, 0.1) is 31.7 Å². The van der Waals surface area contributed by atoms with Gasteiger partial charge in [-0.3, -0.25) is 9.59 Å². The minimum Gasteiger partial charge on any atom is -0.383 e. The van der Waals surface area contributed by atoms with Gasteiger partial charge in [-0.2, -0.15) is 0 Å². The van der Waals surface area contributed by atoms with Crippen molar-refractivity contribution < 1.29 is 14.3 Å². The van der Waals surface area contributed by atoms with E-state index < -0.39 is 6.04 Å². The molecule has 7 heteroatoms. The average Bonchev–Trinajstić information content (AvgIpc) is 3.09. The fraction of sp³-hybridized carbons (Fsp3) is 0.389. The van der Waals surface area contributed by atoms with Crippen molar-refractivity contribution >= 4 is 11.8 Å². The molecule has 0 unspecified atom stereocenters. The van der Waals surface area contributed by atoms with Crippen LogP contribution < -0.4 is 5.32 Å². The number of benzene rings is 1.